The van der Waals surface area contributed by atoms with Crippen LogP contribution in [-0.2, 0) is 6.61 Å². The molecule has 1 aromatic carbocycles. The van der Waals surface area contributed by atoms with Gasteiger partial charge < -0.3 is 4.74 Å². The Bertz CT molecular complexity index is 534. The van der Waals surface area contributed by atoms with Crippen LogP contribution in [-0.4, -0.2) is 4.98 Å². The molecule has 0 aliphatic rings. The fourth-order valence-electron chi connectivity index (χ4n) is 1.27. The van der Waals surface area contributed by atoms with E-state index in [9.17, 15) is 8.78 Å². The van der Waals surface area contributed by atoms with E-state index in [1.807, 2.05) is 0 Å². The summed E-state index contributed by atoms with van der Waals surface area (Å²) in [6.07, 6.45) is 1.31. The largest absolute Gasteiger partial charge is 0.484 e. The van der Waals surface area contributed by atoms with Gasteiger partial charge in [-0.1, -0.05) is 17.7 Å². The lowest BCUT2D eigenvalue weighted by molar-refractivity contribution is 0.280. The van der Waals surface area contributed by atoms with Crippen molar-refractivity contribution in [2.45, 2.75) is 6.61 Å². The van der Waals surface area contributed by atoms with Crippen molar-refractivity contribution in [1.82, 2.24) is 4.98 Å². The second-order valence-corrected chi connectivity index (χ2v) is 3.75. The molecule has 1 aromatic heterocycles. The second kappa shape index (κ2) is 5.10. The summed E-state index contributed by atoms with van der Waals surface area (Å²) in [6.45, 7) is -0.0778. The topological polar surface area (TPSA) is 22.1 Å². The van der Waals surface area contributed by atoms with Crippen LogP contribution in [0.1, 0.15) is 5.56 Å². The Morgan fingerprint density at radius 3 is 2.76 bits per heavy atom. The number of nitrogens with zero attached hydrogens (tertiary/aromatic N) is 1. The normalized spacial score (nSPS) is 10.3. The Labute approximate surface area is 102 Å². The Kier molecular flexibility index (Phi) is 3.54. The second-order valence-electron chi connectivity index (χ2n) is 3.32. The lowest BCUT2D eigenvalue weighted by atomic mass is 10.2. The summed E-state index contributed by atoms with van der Waals surface area (Å²) in [6, 6.07) is 7.18. The van der Waals surface area contributed by atoms with Crippen LogP contribution in [0.5, 0.6) is 5.75 Å². The van der Waals surface area contributed by atoms with Crippen LogP contribution in [0.3, 0.4) is 0 Å². The van der Waals surface area contributed by atoms with Gasteiger partial charge in [-0.2, -0.15) is 4.39 Å². The zero-order valence-electron chi connectivity index (χ0n) is 8.66. The minimum absolute atomic E-state index is 0.0122. The molecule has 1 heterocycles. The lowest BCUT2D eigenvalue weighted by Gasteiger charge is -2.07. The number of benzene rings is 1. The van der Waals surface area contributed by atoms with E-state index in [0.29, 0.717) is 10.6 Å². The fraction of sp³-hybridized carbons (Fsp3) is 0.0833. The zero-order valence-corrected chi connectivity index (χ0v) is 9.42. The molecule has 2 aromatic rings. The van der Waals surface area contributed by atoms with Crippen molar-refractivity contribution in [2.75, 3.05) is 0 Å². The van der Waals surface area contributed by atoms with Gasteiger partial charge in [0.05, 0.1) is 0 Å². The van der Waals surface area contributed by atoms with E-state index < -0.39 is 11.8 Å². The molecule has 2 rings (SSSR count). The van der Waals surface area contributed by atoms with E-state index in [0.717, 1.165) is 0 Å². The summed E-state index contributed by atoms with van der Waals surface area (Å²) in [7, 11) is 0. The van der Waals surface area contributed by atoms with Crippen LogP contribution >= 0.6 is 11.6 Å². The minimum atomic E-state index is -0.720. The van der Waals surface area contributed by atoms with Crippen LogP contribution < -0.4 is 4.74 Å². The summed E-state index contributed by atoms with van der Waals surface area (Å²) in [4.78, 5) is 3.42. The number of aromatic nitrogens is 1. The first kappa shape index (κ1) is 11.8. The predicted molar refractivity (Wildman–Crippen MR) is 59.9 cm³/mol. The molecule has 0 aliphatic heterocycles. The van der Waals surface area contributed by atoms with Crippen LogP contribution in [0.2, 0.25) is 5.02 Å². The maximum Gasteiger partial charge on any atom is 0.255 e. The number of pyridine rings is 1. The monoisotopic (exact) mass is 255 g/mol. The molecule has 5 heteroatoms. The molecule has 88 valence electrons. The molecule has 0 amide bonds. The molecule has 0 saturated carbocycles. The van der Waals surface area contributed by atoms with E-state index in [1.54, 1.807) is 6.07 Å². The maximum absolute atomic E-state index is 13.4. The third-order valence-electron chi connectivity index (χ3n) is 2.12. The predicted octanol–water partition coefficient (Wildman–Crippen LogP) is 3.59. The van der Waals surface area contributed by atoms with E-state index in [4.69, 9.17) is 16.3 Å². The fourth-order valence-corrected chi connectivity index (χ4v) is 1.43. The van der Waals surface area contributed by atoms with Crippen LogP contribution in [0.4, 0.5) is 8.78 Å². The van der Waals surface area contributed by atoms with Crippen molar-refractivity contribution in [3.05, 3.63) is 58.9 Å². The molecule has 0 saturated heterocycles. The van der Waals surface area contributed by atoms with E-state index in [2.05, 4.69) is 4.98 Å². The molecule has 0 atom stereocenters. The average molecular weight is 256 g/mol. The quantitative estimate of drug-likeness (QED) is 0.782. The highest BCUT2D eigenvalue weighted by Gasteiger charge is 2.06. The highest BCUT2D eigenvalue weighted by atomic mass is 35.5. The molecule has 0 aliphatic carbocycles. The van der Waals surface area contributed by atoms with Gasteiger partial charge in [-0.05, 0) is 24.3 Å². The maximum atomic E-state index is 13.4. The summed E-state index contributed by atoms with van der Waals surface area (Å²) in [5, 5.41) is 0.304. The molecular formula is C12H8ClF2NO. The van der Waals surface area contributed by atoms with E-state index >= 15 is 0 Å². The highest BCUT2D eigenvalue weighted by molar-refractivity contribution is 6.30. The van der Waals surface area contributed by atoms with Crippen LogP contribution in [0.25, 0.3) is 0 Å². The molecule has 0 N–H and O–H groups in total. The van der Waals surface area contributed by atoms with Crippen molar-refractivity contribution in [1.29, 1.82) is 0 Å². The van der Waals surface area contributed by atoms with Crippen molar-refractivity contribution in [3.8, 4) is 5.75 Å². The van der Waals surface area contributed by atoms with Gasteiger partial charge in [-0.25, -0.2) is 9.37 Å². The van der Waals surface area contributed by atoms with Crippen LogP contribution in [0.15, 0.2) is 36.5 Å². The molecule has 2 nitrogen and oxygen atoms in total. The molecular weight excluding hydrogens is 248 g/mol. The third kappa shape index (κ3) is 2.91. The Morgan fingerprint density at radius 2 is 2.06 bits per heavy atom. The summed E-state index contributed by atoms with van der Waals surface area (Å²) in [5.41, 5.74) is 0.303. The van der Waals surface area contributed by atoms with Gasteiger partial charge in [0.1, 0.15) is 12.4 Å². The smallest absolute Gasteiger partial charge is 0.255 e. The van der Waals surface area contributed by atoms with E-state index in [1.165, 1.54) is 30.5 Å². The minimum Gasteiger partial charge on any atom is -0.484 e. The van der Waals surface area contributed by atoms with Gasteiger partial charge in [0.15, 0.2) is 5.75 Å². The van der Waals surface area contributed by atoms with Crippen molar-refractivity contribution >= 4 is 11.6 Å². The van der Waals surface area contributed by atoms with Gasteiger partial charge in [0.25, 0.3) is 5.95 Å². The lowest BCUT2D eigenvalue weighted by Crippen LogP contribution is -2.00. The van der Waals surface area contributed by atoms with Gasteiger partial charge in [0, 0.05) is 16.8 Å². The van der Waals surface area contributed by atoms with Gasteiger partial charge in [-0.15, -0.1) is 0 Å². The van der Waals surface area contributed by atoms with Crippen molar-refractivity contribution in [2.24, 2.45) is 0 Å². The summed E-state index contributed by atoms with van der Waals surface area (Å²) < 4.78 is 31.6. The number of halogens is 3. The van der Waals surface area contributed by atoms with E-state index in [-0.39, 0.29) is 12.4 Å². The first-order chi connectivity index (χ1) is 8.16. The Hall–Kier alpha value is -1.68. The van der Waals surface area contributed by atoms with Gasteiger partial charge in [-0.3, -0.25) is 0 Å². The SMILES string of the molecule is Fc1cc(Cl)ccc1COc1cccnc1F. The molecule has 0 radical (unpaired) electrons. The average Bonchev–Trinajstić information content (AvgIpc) is 2.30. The molecule has 17 heavy (non-hydrogen) atoms. The third-order valence-corrected chi connectivity index (χ3v) is 2.36. The molecule has 0 bridgehead atoms. The van der Waals surface area contributed by atoms with Gasteiger partial charge in [0.2, 0.25) is 0 Å². The Balaban J connectivity index is 2.10. The first-order valence-corrected chi connectivity index (χ1v) is 5.22. The number of hydrogen-bond donors (Lipinski definition) is 0. The first-order valence-electron chi connectivity index (χ1n) is 4.84. The molecule has 0 unspecified atom stereocenters. The standard InChI is InChI=1S/C12H8ClF2NO/c13-9-4-3-8(10(14)6-9)7-17-11-2-1-5-16-12(11)15/h1-6H,7H2. The summed E-state index contributed by atoms with van der Waals surface area (Å²) >= 11 is 5.61. The van der Waals surface area contributed by atoms with Crippen LogP contribution in [0, 0.1) is 11.8 Å². The van der Waals surface area contributed by atoms with Crippen molar-refractivity contribution < 1.29 is 13.5 Å². The number of ether oxygens (including phenoxy) is 1. The Morgan fingerprint density at radius 1 is 1.24 bits per heavy atom. The number of rotatable bonds is 3. The van der Waals surface area contributed by atoms with Crippen molar-refractivity contribution in [3.63, 3.8) is 0 Å². The number of hydrogen-bond acceptors (Lipinski definition) is 2. The summed E-state index contributed by atoms with van der Waals surface area (Å²) in [5.74, 6) is -1.22. The van der Waals surface area contributed by atoms with Gasteiger partial charge >= 0.3 is 0 Å². The molecule has 0 spiro atoms. The molecule has 0 fully saturated rings. The highest BCUT2D eigenvalue weighted by Crippen LogP contribution is 2.18. The zero-order chi connectivity index (χ0) is 12.3.